The van der Waals surface area contributed by atoms with Crippen molar-refractivity contribution in [2.75, 3.05) is 77.5 Å². The zero-order valence-electron chi connectivity index (χ0n) is 45.0. The number of halogens is 6. The normalized spacial score (nSPS) is 23.8. The predicted molar refractivity (Wildman–Crippen MR) is 283 cm³/mol. The fourth-order valence-electron chi connectivity index (χ4n) is 12.0. The fourth-order valence-corrected chi connectivity index (χ4v) is 13.0. The van der Waals surface area contributed by atoms with Gasteiger partial charge in [-0.05, 0) is 75.6 Å². The number of likely N-dealkylation sites (tertiary alicyclic amines) is 2. The average molecular weight is 1130 g/mol. The SMILES string of the molecule is CCn1c(-c2cc(N3CCN(CC(F)(F)F)CC3)cnc2[C@H](C)OC)c2c3cc(c(F)cc31)-c1csc(n1)C[C@H](NC(=O)[C@H](C(C)C)N1CC[C@]3(CCN(C(=O)[C@H](F)Cl)C3)C1=O)C(=O)N1CCC[C@H](N1)C(=O)OCC(C)(C)C2. The number of esters is 1. The monoisotopic (exact) mass is 1130 g/mol. The lowest BCUT2D eigenvalue weighted by Gasteiger charge is -2.37. The van der Waals surface area contributed by atoms with E-state index in [1.165, 1.54) is 37.1 Å². The minimum absolute atomic E-state index is 0.0320. The molecule has 4 amide bonds. The van der Waals surface area contributed by atoms with Gasteiger partial charge in [0, 0.05) is 99.7 Å². The quantitative estimate of drug-likeness (QED) is 0.0893. The summed E-state index contributed by atoms with van der Waals surface area (Å²) in [6, 6.07) is 1.99. The molecule has 424 valence electrons. The molecule has 3 aromatic heterocycles. The number of anilines is 1. The number of thiazole rings is 1. The average Bonchev–Trinajstić information content (AvgIpc) is 4.23. The zero-order chi connectivity index (χ0) is 56.2. The van der Waals surface area contributed by atoms with E-state index in [0.29, 0.717) is 83.9 Å². The largest absolute Gasteiger partial charge is 0.464 e. The number of carbonyl (C=O) groups is 5. The standard InChI is InChI=1S/C54H68ClF5N10O7S/c1-8-68-41-22-37(56)34-21-33(41)36(45(68)35-20-32(25-61-43(35)31(4)76-7)66-18-16-65(17-19-66)28-54(58,59)60)24-52(5,6)29-77-50(74)38-10-9-13-70(64-38)48(72)39(23-42-62-40(34)26-78-42)63-47(71)44(30(2)3)69-15-12-53(51(69)75)11-14-67(27-53)49(73)46(55)57/h20-22,25-26,30-31,38-39,44,46,64H,8-19,23-24,27-29H2,1-7H3,(H,63,71)/t31-,38-,39-,44-,46-,53-/m0/s1. The van der Waals surface area contributed by atoms with Gasteiger partial charge in [-0.15, -0.1) is 11.3 Å². The molecule has 5 aliphatic rings. The van der Waals surface area contributed by atoms with E-state index in [2.05, 4.69) is 10.7 Å². The van der Waals surface area contributed by atoms with Crippen molar-refractivity contribution in [1.82, 2.24) is 45.0 Å². The van der Waals surface area contributed by atoms with Crippen LogP contribution in [0.1, 0.15) is 89.6 Å². The van der Waals surface area contributed by atoms with Crippen LogP contribution in [0.4, 0.5) is 27.6 Å². The number of methoxy groups -OCH3 is 1. The van der Waals surface area contributed by atoms with Gasteiger partial charge in [0.2, 0.25) is 11.8 Å². The summed E-state index contributed by atoms with van der Waals surface area (Å²) in [6.07, 6.45) is -1.55. The van der Waals surface area contributed by atoms with E-state index in [-0.39, 0.29) is 70.2 Å². The van der Waals surface area contributed by atoms with Gasteiger partial charge < -0.3 is 34.1 Å². The maximum Gasteiger partial charge on any atom is 0.401 e. The minimum atomic E-state index is -4.32. The molecule has 1 aromatic carbocycles. The molecule has 4 saturated heterocycles. The lowest BCUT2D eigenvalue weighted by molar-refractivity contribution is -0.155. The molecule has 0 radical (unpaired) electrons. The summed E-state index contributed by atoms with van der Waals surface area (Å²) in [6.45, 7) is 12.2. The van der Waals surface area contributed by atoms with E-state index in [0.717, 1.165) is 11.3 Å². The molecule has 17 nitrogen and oxygen atoms in total. The number of alkyl halides is 5. The van der Waals surface area contributed by atoms with Crippen LogP contribution in [0.25, 0.3) is 33.4 Å². The molecular formula is C54H68ClF5N10O7S. The molecule has 4 aromatic rings. The molecule has 1 spiro atoms. The Hall–Kier alpha value is -5.49. The molecular weight excluding hydrogens is 1060 g/mol. The van der Waals surface area contributed by atoms with Crippen molar-refractivity contribution in [2.45, 2.75) is 123 Å². The van der Waals surface area contributed by atoms with Crippen molar-refractivity contribution < 1.29 is 55.4 Å². The number of amides is 4. The smallest absolute Gasteiger partial charge is 0.401 e. The number of carbonyl (C=O) groups excluding carboxylic acids is 5. The Balaban J connectivity index is 1.10. The number of rotatable bonds is 11. The molecule has 6 bridgehead atoms. The summed E-state index contributed by atoms with van der Waals surface area (Å²) < 4.78 is 85.0. The van der Waals surface area contributed by atoms with Gasteiger partial charge in [0.05, 0.1) is 64.2 Å². The number of piperazine rings is 1. The van der Waals surface area contributed by atoms with Gasteiger partial charge in [0.1, 0.15) is 23.9 Å². The third-order valence-corrected chi connectivity index (χ3v) is 17.1. The lowest BCUT2D eigenvalue weighted by atomic mass is 9.84. The molecule has 24 heteroatoms. The highest BCUT2D eigenvalue weighted by Crippen LogP contribution is 2.45. The van der Waals surface area contributed by atoms with E-state index in [1.54, 1.807) is 38.6 Å². The van der Waals surface area contributed by atoms with Crippen LogP contribution >= 0.6 is 22.9 Å². The van der Waals surface area contributed by atoms with Crippen LogP contribution in [0, 0.1) is 22.6 Å². The highest BCUT2D eigenvalue weighted by atomic mass is 35.5. The van der Waals surface area contributed by atoms with E-state index in [9.17, 15) is 41.5 Å². The summed E-state index contributed by atoms with van der Waals surface area (Å²) in [5, 5.41) is 7.05. The molecule has 78 heavy (non-hydrogen) atoms. The second kappa shape index (κ2) is 22.6. The van der Waals surface area contributed by atoms with E-state index in [1.807, 2.05) is 43.2 Å². The summed E-state index contributed by atoms with van der Waals surface area (Å²) in [4.78, 5) is 86.3. The van der Waals surface area contributed by atoms with Crippen molar-refractivity contribution in [3.8, 4) is 22.5 Å². The summed E-state index contributed by atoms with van der Waals surface area (Å²) in [7, 11) is 1.57. The zero-order valence-corrected chi connectivity index (χ0v) is 46.6. The van der Waals surface area contributed by atoms with Crippen LogP contribution in [0.5, 0.6) is 0 Å². The Morgan fingerprint density at radius 1 is 1.03 bits per heavy atom. The van der Waals surface area contributed by atoms with Crippen molar-refractivity contribution in [1.29, 1.82) is 0 Å². The number of pyridine rings is 1. The Bertz CT molecular complexity index is 2950. The van der Waals surface area contributed by atoms with Crippen LogP contribution in [0.15, 0.2) is 29.8 Å². The number of nitrogens with one attached hydrogen (secondary N) is 2. The summed E-state index contributed by atoms with van der Waals surface area (Å²) in [5.41, 5.74) is 3.64. The summed E-state index contributed by atoms with van der Waals surface area (Å²) in [5.74, 6) is -4.02. The lowest BCUT2D eigenvalue weighted by Crippen LogP contribution is -2.62. The number of hydrogen-bond acceptors (Lipinski definition) is 13. The number of ether oxygens (including phenoxy) is 2. The van der Waals surface area contributed by atoms with Crippen LogP contribution in [-0.2, 0) is 52.8 Å². The van der Waals surface area contributed by atoms with E-state index >= 15 is 4.39 Å². The van der Waals surface area contributed by atoms with Gasteiger partial charge in [0.15, 0.2) is 0 Å². The number of cyclic esters (lactones) is 1. The first-order valence-electron chi connectivity index (χ1n) is 26.7. The Labute approximate surface area is 459 Å². The molecule has 9 rings (SSSR count). The van der Waals surface area contributed by atoms with Gasteiger partial charge in [-0.3, -0.25) is 38.9 Å². The Kier molecular flexibility index (Phi) is 16.6. The predicted octanol–water partition coefficient (Wildman–Crippen LogP) is 7.04. The van der Waals surface area contributed by atoms with Gasteiger partial charge in [-0.25, -0.2) is 19.2 Å². The first kappa shape index (κ1) is 57.2. The Morgan fingerprint density at radius 2 is 1.76 bits per heavy atom. The number of hydrazine groups is 1. The van der Waals surface area contributed by atoms with Gasteiger partial charge in [0.25, 0.3) is 17.4 Å². The maximum atomic E-state index is 17.0. The van der Waals surface area contributed by atoms with Crippen molar-refractivity contribution in [3.05, 3.63) is 51.9 Å². The fraction of sp³-hybridized carbons (Fsp3) is 0.611. The van der Waals surface area contributed by atoms with Crippen LogP contribution in [0.2, 0.25) is 0 Å². The number of hydrogen-bond donors (Lipinski definition) is 2. The Morgan fingerprint density at radius 3 is 2.44 bits per heavy atom. The molecule has 2 N–H and O–H groups in total. The number of aryl methyl sites for hydroxylation is 1. The number of nitrogens with zero attached hydrogens (tertiary/aromatic N) is 8. The number of fused-ring (bicyclic) bond motifs is 6. The first-order valence-corrected chi connectivity index (χ1v) is 28.0. The molecule has 0 saturated carbocycles. The van der Waals surface area contributed by atoms with Crippen molar-refractivity contribution in [3.63, 3.8) is 0 Å². The van der Waals surface area contributed by atoms with Crippen LogP contribution in [-0.4, -0.2) is 166 Å². The number of benzene rings is 1. The van der Waals surface area contributed by atoms with Crippen molar-refractivity contribution in [2.24, 2.45) is 16.7 Å². The second-order valence-electron chi connectivity index (χ2n) is 22.5. The third-order valence-electron chi connectivity index (χ3n) is 16.1. The van der Waals surface area contributed by atoms with Crippen molar-refractivity contribution >= 4 is 69.1 Å². The molecule has 8 heterocycles. The van der Waals surface area contributed by atoms with Crippen LogP contribution < -0.4 is 15.6 Å². The minimum Gasteiger partial charge on any atom is -0.464 e. The van der Waals surface area contributed by atoms with Gasteiger partial charge in [-0.2, -0.15) is 13.2 Å². The highest BCUT2D eigenvalue weighted by Gasteiger charge is 2.55. The van der Waals surface area contributed by atoms with E-state index < -0.39 is 88.8 Å². The summed E-state index contributed by atoms with van der Waals surface area (Å²) >= 11 is 6.66. The second-order valence-corrected chi connectivity index (χ2v) is 23.8. The third kappa shape index (κ3) is 11.6. The molecule has 0 unspecified atom stereocenters. The molecule has 6 atom stereocenters. The highest BCUT2D eigenvalue weighted by molar-refractivity contribution is 7.10. The molecule has 5 aliphatic heterocycles. The van der Waals surface area contributed by atoms with Crippen LogP contribution in [0.3, 0.4) is 0 Å². The maximum absolute atomic E-state index is 17.0. The van der Waals surface area contributed by atoms with Gasteiger partial charge >= 0.3 is 12.1 Å². The van der Waals surface area contributed by atoms with Gasteiger partial charge in [-0.1, -0.05) is 39.3 Å². The first-order chi connectivity index (χ1) is 36.9. The topological polar surface area (TPSA) is 175 Å². The molecule has 0 aliphatic carbocycles. The molecule has 4 fully saturated rings. The van der Waals surface area contributed by atoms with E-state index in [4.69, 9.17) is 31.0 Å². The number of aromatic nitrogens is 3.